The van der Waals surface area contributed by atoms with Gasteiger partial charge in [0.15, 0.2) is 0 Å². The quantitative estimate of drug-likeness (QED) is 0.644. The smallest absolute Gasteiger partial charge is 0.234 e. The molecular formula is C17H14Cl2N2OS. The van der Waals surface area contributed by atoms with Crippen molar-refractivity contribution >= 4 is 57.5 Å². The van der Waals surface area contributed by atoms with Crippen LogP contribution in [0.5, 0.6) is 0 Å². The number of hydrogen-bond donors (Lipinski definition) is 1. The Balaban J connectivity index is 1.67. The summed E-state index contributed by atoms with van der Waals surface area (Å²) in [5, 5.41) is 4.87. The van der Waals surface area contributed by atoms with Crippen molar-refractivity contribution in [3.63, 3.8) is 0 Å². The Labute approximate surface area is 148 Å². The summed E-state index contributed by atoms with van der Waals surface area (Å²) in [6, 6.07) is 13.2. The molecule has 0 atom stereocenters. The number of carbonyl (C=O) groups is 1. The van der Waals surface area contributed by atoms with Crippen LogP contribution < -0.4 is 5.32 Å². The monoisotopic (exact) mass is 364 g/mol. The Hall–Kier alpha value is -1.62. The minimum atomic E-state index is -0.0821. The van der Waals surface area contributed by atoms with Crippen molar-refractivity contribution in [3.8, 4) is 0 Å². The molecule has 2 aromatic carbocycles. The number of anilines is 1. The maximum Gasteiger partial charge on any atom is 0.234 e. The molecule has 6 heteroatoms. The van der Waals surface area contributed by atoms with Gasteiger partial charge in [0, 0.05) is 34.7 Å². The van der Waals surface area contributed by atoms with Gasteiger partial charge in [-0.3, -0.25) is 4.79 Å². The minimum Gasteiger partial charge on any atom is -0.349 e. The second kappa shape index (κ2) is 6.87. The summed E-state index contributed by atoms with van der Waals surface area (Å²) in [5.74, 6) is 0.246. The molecule has 0 saturated heterocycles. The van der Waals surface area contributed by atoms with Crippen molar-refractivity contribution in [3.05, 3.63) is 58.7 Å². The van der Waals surface area contributed by atoms with Gasteiger partial charge in [-0.2, -0.15) is 0 Å². The number of hydrogen-bond acceptors (Lipinski definition) is 2. The van der Waals surface area contributed by atoms with E-state index in [1.165, 1.54) is 11.8 Å². The average Bonchev–Trinajstić information content (AvgIpc) is 2.86. The number of fused-ring (bicyclic) bond motifs is 1. The first-order chi connectivity index (χ1) is 11.0. The minimum absolute atomic E-state index is 0.0821. The summed E-state index contributed by atoms with van der Waals surface area (Å²) >= 11 is 13.3. The zero-order chi connectivity index (χ0) is 16.4. The van der Waals surface area contributed by atoms with Crippen molar-refractivity contribution in [2.24, 2.45) is 7.05 Å². The van der Waals surface area contributed by atoms with Crippen LogP contribution in [0.2, 0.25) is 10.0 Å². The van der Waals surface area contributed by atoms with Crippen LogP contribution >= 0.6 is 35.0 Å². The number of amides is 1. The summed E-state index contributed by atoms with van der Waals surface area (Å²) in [7, 11) is 2.00. The lowest BCUT2D eigenvalue weighted by Crippen LogP contribution is -2.13. The first-order valence-corrected chi connectivity index (χ1v) is 8.70. The fourth-order valence-corrected chi connectivity index (χ4v) is 3.55. The molecule has 0 spiro atoms. The predicted octanol–water partition coefficient (Wildman–Crippen LogP) is 5.22. The molecule has 3 aromatic rings. The number of benzene rings is 2. The molecule has 0 aliphatic rings. The second-order valence-electron chi connectivity index (χ2n) is 5.09. The number of halogens is 2. The van der Waals surface area contributed by atoms with Gasteiger partial charge < -0.3 is 9.88 Å². The van der Waals surface area contributed by atoms with E-state index >= 15 is 0 Å². The van der Waals surface area contributed by atoms with Gasteiger partial charge in [-0.25, -0.2) is 0 Å². The molecule has 1 amide bonds. The van der Waals surface area contributed by atoms with Gasteiger partial charge >= 0.3 is 0 Å². The van der Waals surface area contributed by atoms with Crippen LogP contribution in [0.4, 0.5) is 5.69 Å². The fourth-order valence-electron chi connectivity index (χ4n) is 2.33. The molecular weight excluding hydrogens is 351 g/mol. The van der Waals surface area contributed by atoms with Crippen LogP contribution in [0, 0.1) is 0 Å². The SMILES string of the molecule is Cn1cc(SCC(=O)Nc2ccc(Cl)c(Cl)c2)c2ccccc21. The number of thioether (sulfide) groups is 1. The average molecular weight is 365 g/mol. The Kier molecular flexibility index (Phi) is 4.85. The van der Waals surface area contributed by atoms with Gasteiger partial charge in [0.1, 0.15) is 0 Å². The first-order valence-electron chi connectivity index (χ1n) is 6.96. The second-order valence-corrected chi connectivity index (χ2v) is 6.92. The Morgan fingerprint density at radius 3 is 2.74 bits per heavy atom. The Morgan fingerprint density at radius 1 is 1.17 bits per heavy atom. The highest BCUT2D eigenvalue weighted by atomic mass is 35.5. The number of carbonyl (C=O) groups excluding carboxylic acids is 1. The number of nitrogens with one attached hydrogen (secondary N) is 1. The molecule has 0 bridgehead atoms. The van der Waals surface area contributed by atoms with Gasteiger partial charge in [-0.1, -0.05) is 41.4 Å². The van der Waals surface area contributed by atoms with E-state index in [1.807, 2.05) is 25.4 Å². The van der Waals surface area contributed by atoms with Gasteiger partial charge in [0.2, 0.25) is 5.91 Å². The molecule has 0 fully saturated rings. The lowest BCUT2D eigenvalue weighted by Gasteiger charge is -2.06. The van der Waals surface area contributed by atoms with Crippen molar-refractivity contribution in [1.29, 1.82) is 0 Å². The third-order valence-corrected chi connectivity index (χ3v) is 5.20. The van der Waals surface area contributed by atoms with Gasteiger partial charge in [0.25, 0.3) is 0 Å². The number of aromatic nitrogens is 1. The topological polar surface area (TPSA) is 34.0 Å². The van der Waals surface area contributed by atoms with Crippen LogP contribution in [0.15, 0.2) is 53.6 Å². The normalized spacial score (nSPS) is 10.9. The lowest BCUT2D eigenvalue weighted by molar-refractivity contribution is -0.113. The lowest BCUT2D eigenvalue weighted by atomic mass is 10.2. The van der Waals surface area contributed by atoms with E-state index in [-0.39, 0.29) is 5.91 Å². The van der Waals surface area contributed by atoms with E-state index in [0.29, 0.717) is 21.5 Å². The summed E-state index contributed by atoms with van der Waals surface area (Å²) in [4.78, 5) is 13.2. The van der Waals surface area contributed by atoms with Crippen LogP contribution in [0.1, 0.15) is 0 Å². The van der Waals surface area contributed by atoms with E-state index in [9.17, 15) is 4.79 Å². The summed E-state index contributed by atoms with van der Waals surface area (Å²) in [6.45, 7) is 0. The van der Waals surface area contributed by atoms with Crippen molar-refractivity contribution in [1.82, 2.24) is 4.57 Å². The van der Waals surface area contributed by atoms with E-state index < -0.39 is 0 Å². The van der Waals surface area contributed by atoms with E-state index in [0.717, 1.165) is 15.8 Å². The fraction of sp³-hybridized carbons (Fsp3) is 0.118. The molecule has 0 aliphatic heterocycles. The molecule has 1 N–H and O–H groups in total. The molecule has 1 heterocycles. The van der Waals surface area contributed by atoms with Crippen LogP contribution in [-0.4, -0.2) is 16.2 Å². The highest BCUT2D eigenvalue weighted by molar-refractivity contribution is 8.00. The van der Waals surface area contributed by atoms with Crippen LogP contribution in [0.25, 0.3) is 10.9 Å². The molecule has 1 aromatic heterocycles. The van der Waals surface area contributed by atoms with E-state index in [1.54, 1.807) is 18.2 Å². The molecule has 118 valence electrons. The zero-order valence-corrected chi connectivity index (χ0v) is 14.7. The number of nitrogens with zero attached hydrogens (tertiary/aromatic N) is 1. The number of rotatable bonds is 4. The molecule has 3 rings (SSSR count). The summed E-state index contributed by atoms with van der Waals surface area (Å²) in [6.07, 6.45) is 2.04. The third-order valence-electron chi connectivity index (χ3n) is 3.42. The largest absolute Gasteiger partial charge is 0.349 e. The molecule has 0 radical (unpaired) electrons. The van der Waals surface area contributed by atoms with Gasteiger partial charge in [-0.05, 0) is 24.3 Å². The maximum atomic E-state index is 12.1. The predicted molar refractivity (Wildman–Crippen MR) is 98.7 cm³/mol. The Morgan fingerprint density at radius 2 is 1.96 bits per heavy atom. The highest BCUT2D eigenvalue weighted by Gasteiger charge is 2.10. The Bertz CT molecular complexity index is 876. The molecule has 0 unspecified atom stereocenters. The van der Waals surface area contributed by atoms with Gasteiger partial charge in [0.05, 0.1) is 15.8 Å². The van der Waals surface area contributed by atoms with E-state index in [2.05, 4.69) is 22.0 Å². The van der Waals surface area contributed by atoms with Crippen LogP contribution in [-0.2, 0) is 11.8 Å². The molecule has 23 heavy (non-hydrogen) atoms. The first kappa shape index (κ1) is 16.2. The van der Waals surface area contributed by atoms with Crippen molar-refractivity contribution in [2.75, 3.05) is 11.1 Å². The number of para-hydroxylation sites is 1. The highest BCUT2D eigenvalue weighted by Crippen LogP contribution is 2.30. The number of aryl methyl sites for hydroxylation is 1. The standard InChI is InChI=1S/C17H14Cl2N2OS/c1-21-9-16(12-4-2-3-5-15(12)21)23-10-17(22)20-11-6-7-13(18)14(19)8-11/h2-9H,10H2,1H3,(H,20,22). The van der Waals surface area contributed by atoms with Crippen molar-refractivity contribution < 1.29 is 4.79 Å². The molecule has 0 saturated carbocycles. The van der Waals surface area contributed by atoms with Gasteiger partial charge in [-0.15, -0.1) is 11.8 Å². The summed E-state index contributed by atoms with van der Waals surface area (Å²) in [5.41, 5.74) is 1.79. The summed E-state index contributed by atoms with van der Waals surface area (Å²) < 4.78 is 2.06. The molecule has 3 nitrogen and oxygen atoms in total. The zero-order valence-electron chi connectivity index (χ0n) is 12.3. The maximum absolute atomic E-state index is 12.1. The van der Waals surface area contributed by atoms with E-state index in [4.69, 9.17) is 23.2 Å². The van der Waals surface area contributed by atoms with Crippen LogP contribution in [0.3, 0.4) is 0 Å². The van der Waals surface area contributed by atoms with Crippen molar-refractivity contribution in [2.45, 2.75) is 4.90 Å². The molecule has 0 aliphatic carbocycles. The third kappa shape index (κ3) is 3.66.